The van der Waals surface area contributed by atoms with E-state index in [1.807, 2.05) is 36.4 Å². The SMILES string of the molecule is COc1cc(CBr)ccc1OCC1Cc2ccccc2O1. The van der Waals surface area contributed by atoms with Crippen molar-refractivity contribution in [2.45, 2.75) is 17.9 Å². The minimum atomic E-state index is 0.0583. The number of benzene rings is 2. The molecule has 2 aromatic rings. The number of halogens is 1. The number of para-hydroxylation sites is 1. The Labute approximate surface area is 133 Å². The van der Waals surface area contributed by atoms with Gasteiger partial charge in [-0.2, -0.15) is 0 Å². The van der Waals surface area contributed by atoms with Crippen molar-refractivity contribution in [2.24, 2.45) is 0 Å². The fourth-order valence-corrected chi connectivity index (χ4v) is 2.79. The minimum Gasteiger partial charge on any atom is -0.493 e. The maximum absolute atomic E-state index is 5.88. The van der Waals surface area contributed by atoms with Crippen LogP contribution < -0.4 is 14.2 Å². The molecule has 3 rings (SSSR count). The van der Waals surface area contributed by atoms with Crippen LogP contribution in [0.5, 0.6) is 17.2 Å². The van der Waals surface area contributed by atoms with Gasteiger partial charge >= 0.3 is 0 Å². The molecule has 21 heavy (non-hydrogen) atoms. The van der Waals surface area contributed by atoms with Crippen LogP contribution >= 0.6 is 15.9 Å². The molecular weight excluding hydrogens is 332 g/mol. The number of hydrogen-bond donors (Lipinski definition) is 0. The summed E-state index contributed by atoms with van der Waals surface area (Å²) in [4.78, 5) is 0. The molecule has 110 valence electrons. The third-order valence-electron chi connectivity index (χ3n) is 3.52. The Hall–Kier alpha value is -1.68. The highest BCUT2D eigenvalue weighted by molar-refractivity contribution is 9.08. The minimum absolute atomic E-state index is 0.0583. The van der Waals surface area contributed by atoms with Crippen LogP contribution in [0.2, 0.25) is 0 Å². The lowest BCUT2D eigenvalue weighted by Crippen LogP contribution is -2.22. The van der Waals surface area contributed by atoms with E-state index in [0.29, 0.717) is 6.61 Å². The summed E-state index contributed by atoms with van der Waals surface area (Å²) < 4.78 is 17.1. The van der Waals surface area contributed by atoms with Gasteiger partial charge in [0.25, 0.3) is 0 Å². The first kappa shape index (κ1) is 14.3. The molecule has 0 radical (unpaired) electrons. The van der Waals surface area contributed by atoms with Crippen LogP contribution in [0.4, 0.5) is 0 Å². The van der Waals surface area contributed by atoms with E-state index < -0.39 is 0 Å². The van der Waals surface area contributed by atoms with Crippen LogP contribution in [-0.4, -0.2) is 19.8 Å². The van der Waals surface area contributed by atoms with E-state index in [1.165, 1.54) is 5.56 Å². The van der Waals surface area contributed by atoms with E-state index in [4.69, 9.17) is 14.2 Å². The first-order valence-corrected chi connectivity index (χ1v) is 8.02. The van der Waals surface area contributed by atoms with Gasteiger partial charge in [0.15, 0.2) is 11.5 Å². The Morgan fingerprint density at radius 2 is 2.05 bits per heavy atom. The second-order valence-electron chi connectivity index (χ2n) is 4.98. The van der Waals surface area contributed by atoms with Gasteiger partial charge in [0.1, 0.15) is 18.5 Å². The van der Waals surface area contributed by atoms with Crippen molar-refractivity contribution in [3.63, 3.8) is 0 Å². The van der Waals surface area contributed by atoms with Crippen LogP contribution in [0.1, 0.15) is 11.1 Å². The highest BCUT2D eigenvalue weighted by Gasteiger charge is 2.23. The second kappa shape index (κ2) is 6.39. The number of fused-ring (bicyclic) bond motifs is 1. The average molecular weight is 349 g/mol. The van der Waals surface area contributed by atoms with Gasteiger partial charge in [-0.15, -0.1) is 0 Å². The normalized spacial score (nSPS) is 16.2. The van der Waals surface area contributed by atoms with Gasteiger partial charge in [0.2, 0.25) is 0 Å². The molecule has 0 N–H and O–H groups in total. The Balaban J connectivity index is 1.64. The lowest BCUT2D eigenvalue weighted by molar-refractivity contribution is 0.145. The van der Waals surface area contributed by atoms with E-state index in [2.05, 4.69) is 22.0 Å². The molecule has 0 amide bonds. The zero-order valence-electron chi connectivity index (χ0n) is 11.8. The maximum Gasteiger partial charge on any atom is 0.161 e. The van der Waals surface area contributed by atoms with Crippen molar-refractivity contribution in [1.29, 1.82) is 0 Å². The molecule has 0 saturated carbocycles. The Bertz CT molecular complexity index is 602. The van der Waals surface area contributed by atoms with E-state index in [0.717, 1.165) is 34.6 Å². The summed E-state index contributed by atoms with van der Waals surface area (Å²) >= 11 is 3.44. The molecule has 1 unspecified atom stereocenters. The zero-order valence-corrected chi connectivity index (χ0v) is 13.4. The summed E-state index contributed by atoms with van der Waals surface area (Å²) in [5, 5.41) is 0.796. The molecule has 4 heteroatoms. The quantitative estimate of drug-likeness (QED) is 0.765. The highest BCUT2D eigenvalue weighted by Crippen LogP contribution is 2.31. The van der Waals surface area contributed by atoms with Crippen LogP contribution in [0.25, 0.3) is 0 Å². The monoisotopic (exact) mass is 348 g/mol. The van der Waals surface area contributed by atoms with Crippen LogP contribution in [0.15, 0.2) is 42.5 Å². The van der Waals surface area contributed by atoms with Gasteiger partial charge in [0, 0.05) is 11.8 Å². The third kappa shape index (κ3) is 3.16. The summed E-state index contributed by atoms with van der Waals surface area (Å²) in [6.07, 6.45) is 0.945. The first-order valence-electron chi connectivity index (χ1n) is 6.90. The highest BCUT2D eigenvalue weighted by atomic mass is 79.9. The standard InChI is InChI=1S/C17H17BrO3/c1-19-17-8-12(10-18)6-7-16(17)20-11-14-9-13-4-2-3-5-15(13)21-14/h2-8,14H,9-11H2,1H3. The lowest BCUT2D eigenvalue weighted by atomic mass is 10.1. The van der Waals surface area contributed by atoms with Crippen molar-refractivity contribution in [1.82, 2.24) is 0 Å². The number of ether oxygens (including phenoxy) is 3. The molecule has 1 aliphatic rings. The molecule has 0 bridgehead atoms. The number of alkyl halides is 1. The molecule has 1 atom stereocenters. The smallest absolute Gasteiger partial charge is 0.161 e. The fraction of sp³-hybridized carbons (Fsp3) is 0.294. The molecule has 1 heterocycles. The fourth-order valence-electron chi connectivity index (χ4n) is 2.44. The Morgan fingerprint density at radius 1 is 1.19 bits per heavy atom. The second-order valence-corrected chi connectivity index (χ2v) is 5.54. The number of methoxy groups -OCH3 is 1. The topological polar surface area (TPSA) is 27.7 Å². The Kier molecular flexibility index (Phi) is 4.34. The third-order valence-corrected chi connectivity index (χ3v) is 4.17. The van der Waals surface area contributed by atoms with Crippen LogP contribution in [0.3, 0.4) is 0 Å². The van der Waals surface area contributed by atoms with Crippen molar-refractivity contribution in [3.05, 3.63) is 53.6 Å². The van der Waals surface area contributed by atoms with E-state index >= 15 is 0 Å². The molecule has 0 aliphatic carbocycles. The summed E-state index contributed by atoms with van der Waals surface area (Å²) in [6.45, 7) is 0.513. The maximum atomic E-state index is 5.88. The van der Waals surface area contributed by atoms with Crippen molar-refractivity contribution in [3.8, 4) is 17.2 Å². The number of rotatable bonds is 5. The van der Waals surface area contributed by atoms with E-state index in [-0.39, 0.29) is 6.10 Å². The molecule has 0 aromatic heterocycles. The Morgan fingerprint density at radius 3 is 2.81 bits per heavy atom. The molecular formula is C17H17BrO3. The van der Waals surface area contributed by atoms with Crippen molar-refractivity contribution < 1.29 is 14.2 Å². The van der Waals surface area contributed by atoms with Crippen molar-refractivity contribution >= 4 is 15.9 Å². The molecule has 0 spiro atoms. The summed E-state index contributed by atoms with van der Waals surface area (Å²) in [6, 6.07) is 14.1. The van der Waals surface area contributed by atoms with Gasteiger partial charge in [-0.05, 0) is 29.3 Å². The summed E-state index contributed by atoms with van der Waals surface area (Å²) in [7, 11) is 1.65. The summed E-state index contributed by atoms with van der Waals surface area (Å²) in [5.74, 6) is 2.47. The molecule has 0 saturated heterocycles. The van der Waals surface area contributed by atoms with Crippen LogP contribution in [0, 0.1) is 0 Å². The molecule has 2 aromatic carbocycles. The van der Waals surface area contributed by atoms with Crippen LogP contribution in [-0.2, 0) is 11.8 Å². The van der Waals surface area contributed by atoms with Gasteiger partial charge in [-0.3, -0.25) is 0 Å². The predicted molar refractivity (Wildman–Crippen MR) is 85.7 cm³/mol. The average Bonchev–Trinajstić information content (AvgIpc) is 2.95. The van der Waals surface area contributed by atoms with Gasteiger partial charge < -0.3 is 14.2 Å². The molecule has 1 aliphatic heterocycles. The molecule has 0 fully saturated rings. The first-order chi connectivity index (χ1) is 10.3. The van der Waals surface area contributed by atoms with E-state index in [1.54, 1.807) is 7.11 Å². The van der Waals surface area contributed by atoms with Gasteiger partial charge in [-0.25, -0.2) is 0 Å². The van der Waals surface area contributed by atoms with E-state index in [9.17, 15) is 0 Å². The van der Waals surface area contributed by atoms with Gasteiger partial charge in [0.05, 0.1) is 7.11 Å². The summed E-state index contributed by atoms with van der Waals surface area (Å²) in [5.41, 5.74) is 2.40. The number of hydrogen-bond acceptors (Lipinski definition) is 3. The molecule has 3 nitrogen and oxygen atoms in total. The van der Waals surface area contributed by atoms with Gasteiger partial charge in [-0.1, -0.05) is 40.2 Å². The van der Waals surface area contributed by atoms with Crippen molar-refractivity contribution in [2.75, 3.05) is 13.7 Å². The predicted octanol–water partition coefficient (Wildman–Crippen LogP) is 3.97. The zero-order chi connectivity index (χ0) is 14.7. The largest absolute Gasteiger partial charge is 0.493 e. The lowest BCUT2D eigenvalue weighted by Gasteiger charge is -2.15.